The van der Waals surface area contributed by atoms with Crippen LogP contribution in [0, 0.1) is 0 Å². The summed E-state index contributed by atoms with van der Waals surface area (Å²) in [6.07, 6.45) is 0.904. The van der Waals surface area contributed by atoms with Crippen molar-refractivity contribution < 1.29 is 14.6 Å². The maximum atomic E-state index is 10.1. The van der Waals surface area contributed by atoms with Gasteiger partial charge in [-0.1, -0.05) is 31.2 Å². The van der Waals surface area contributed by atoms with E-state index in [9.17, 15) is 5.11 Å². The zero-order valence-electron chi connectivity index (χ0n) is 8.99. The molecule has 0 aromatic heterocycles. The third-order valence-electron chi connectivity index (χ3n) is 2.67. The van der Waals surface area contributed by atoms with E-state index in [0.29, 0.717) is 18.1 Å². The Morgan fingerprint density at radius 3 is 2.69 bits per heavy atom. The van der Waals surface area contributed by atoms with E-state index in [2.05, 4.69) is 0 Å². The lowest BCUT2D eigenvalue weighted by Crippen LogP contribution is -1.94. The van der Waals surface area contributed by atoms with E-state index in [4.69, 9.17) is 9.47 Å². The topological polar surface area (TPSA) is 42.0 Å². The number of ether oxygens (including phenoxy) is 2. The summed E-state index contributed by atoms with van der Waals surface area (Å²) in [6, 6.07) is 7.62. The van der Waals surface area contributed by atoms with Gasteiger partial charge >= 0.3 is 0 Å². The first kappa shape index (κ1) is 9.33. The Bertz CT molecular complexity index is 561. The van der Waals surface area contributed by atoms with Crippen molar-refractivity contribution in [2.75, 3.05) is 6.61 Å². The van der Waals surface area contributed by atoms with Crippen LogP contribution in [0.5, 0.6) is 23.0 Å². The van der Waals surface area contributed by atoms with Crippen molar-refractivity contribution in [1.29, 1.82) is 0 Å². The van der Waals surface area contributed by atoms with Crippen molar-refractivity contribution in [2.45, 2.75) is 13.3 Å². The van der Waals surface area contributed by atoms with E-state index in [0.717, 1.165) is 22.9 Å². The Kier molecular flexibility index (Phi) is 1.93. The molecule has 0 bridgehead atoms. The van der Waals surface area contributed by atoms with Gasteiger partial charge in [-0.2, -0.15) is 0 Å². The van der Waals surface area contributed by atoms with Gasteiger partial charge in [0.25, 0.3) is 0 Å². The summed E-state index contributed by atoms with van der Waals surface area (Å²) < 4.78 is 10.9. The van der Waals surface area contributed by atoms with E-state index < -0.39 is 0 Å². The van der Waals surface area contributed by atoms with Crippen LogP contribution < -0.4 is 9.47 Å². The highest BCUT2D eigenvalue weighted by atomic mass is 16.6. The van der Waals surface area contributed by atoms with Crippen LogP contribution in [0.15, 0.2) is 24.3 Å². The normalized spacial score (nSPS) is 12.1. The molecule has 0 atom stereocenters. The Hall–Kier alpha value is -1.90. The molecule has 0 amide bonds. The first-order valence-corrected chi connectivity index (χ1v) is 5.41. The third-order valence-corrected chi connectivity index (χ3v) is 2.67. The summed E-state index contributed by atoms with van der Waals surface area (Å²) in [5.74, 6) is 2.18. The van der Waals surface area contributed by atoms with Crippen LogP contribution in [0.25, 0.3) is 10.8 Å². The van der Waals surface area contributed by atoms with Gasteiger partial charge in [0, 0.05) is 10.8 Å². The van der Waals surface area contributed by atoms with Crippen LogP contribution in [-0.2, 0) is 0 Å². The molecular weight excluding hydrogens is 204 g/mol. The predicted octanol–water partition coefficient (Wildman–Crippen LogP) is 3.44. The molecule has 2 aromatic rings. The van der Waals surface area contributed by atoms with E-state index in [1.807, 2.05) is 31.2 Å². The van der Waals surface area contributed by atoms with Gasteiger partial charge in [0.05, 0.1) is 6.61 Å². The maximum Gasteiger partial charge on any atom is 0.216 e. The van der Waals surface area contributed by atoms with Gasteiger partial charge in [0.1, 0.15) is 0 Å². The van der Waals surface area contributed by atoms with Crippen LogP contribution in [0.1, 0.15) is 13.3 Å². The molecule has 1 aliphatic rings. The minimum absolute atomic E-state index is 0.181. The van der Waals surface area contributed by atoms with Crippen molar-refractivity contribution in [3.8, 4) is 23.0 Å². The van der Waals surface area contributed by atoms with Crippen LogP contribution >= 0.6 is 0 Å². The van der Waals surface area contributed by atoms with Crippen molar-refractivity contribution in [1.82, 2.24) is 0 Å². The molecule has 0 aliphatic carbocycles. The van der Waals surface area contributed by atoms with Crippen molar-refractivity contribution in [3.63, 3.8) is 0 Å². The van der Waals surface area contributed by atoms with Gasteiger partial charge in [-0.15, -0.1) is 0 Å². The molecule has 1 heterocycles. The molecule has 0 unspecified atom stereocenters. The lowest BCUT2D eigenvalue weighted by molar-refractivity contribution is 0.298. The molecule has 3 rings (SSSR count). The molecule has 0 radical (unpaired) electrons. The lowest BCUT2D eigenvalue weighted by atomic mass is 10.1. The quantitative estimate of drug-likeness (QED) is 0.682. The van der Waals surface area contributed by atoms with Crippen LogP contribution in [-0.4, -0.2) is 11.7 Å². The highest BCUT2D eigenvalue weighted by Crippen LogP contribution is 2.61. The zero-order chi connectivity index (χ0) is 11.1. The van der Waals surface area contributed by atoms with Crippen LogP contribution in [0.3, 0.4) is 0 Å². The summed E-state index contributed by atoms with van der Waals surface area (Å²) in [4.78, 5) is 0. The Labute approximate surface area is 93.2 Å². The Morgan fingerprint density at radius 2 is 1.94 bits per heavy atom. The molecule has 82 valence electrons. The lowest BCUT2D eigenvalue weighted by Gasteiger charge is -2.05. The van der Waals surface area contributed by atoms with Gasteiger partial charge in [0.15, 0.2) is 11.5 Å². The SMILES string of the molecule is CCCOc1c2c(c3ccccc3c1O)O2. The van der Waals surface area contributed by atoms with Crippen molar-refractivity contribution >= 4 is 10.8 Å². The minimum atomic E-state index is 0.181. The van der Waals surface area contributed by atoms with E-state index >= 15 is 0 Å². The number of rotatable bonds is 3. The molecule has 3 nitrogen and oxygen atoms in total. The molecule has 2 aromatic carbocycles. The van der Waals surface area contributed by atoms with Gasteiger partial charge in [0.2, 0.25) is 11.5 Å². The number of aromatic hydroxyl groups is 1. The Morgan fingerprint density at radius 1 is 1.19 bits per heavy atom. The minimum Gasteiger partial charge on any atom is -0.504 e. The standard InChI is InChI=1S/C13H12O3/c1-2-7-15-12-10(14)8-5-3-4-6-9(8)11-13(12)16-11/h3-6,14H,2,7H2,1H3. The maximum absolute atomic E-state index is 10.1. The fourth-order valence-corrected chi connectivity index (χ4v) is 1.86. The predicted molar refractivity (Wildman–Crippen MR) is 61.5 cm³/mol. The molecular formula is C13H12O3. The monoisotopic (exact) mass is 216 g/mol. The van der Waals surface area contributed by atoms with Crippen LogP contribution in [0.2, 0.25) is 0 Å². The smallest absolute Gasteiger partial charge is 0.216 e. The average molecular weight is 216 g/mol. The fraction of sp³-hybridized carbons (Fsp3) is 0.231. The van der Waals surface area contributed by atoms with Gasteiger partial charge in [-0.3, -0.25) is 0 Å². The van der Waals surface area contributed by atoms with E-state index in [1.165, 1.54) is 0 Å². The second kappa shape index (κ2) is 3.30. The summed E-state index contributed by atoms with van der Waals surface area (Å²) in [5, 5.41) is 11.8. The fourth-order valence-electron chi connectivity index (χ4n) is 1.86. The second-order valence-electron chi connectivity index (χ2n) is 3.83. The first-order valence-electron chi connectivity index (χ1n) is 5.41. The molecule has 0 saturated carbocycles. The molecule has 1 N–H and O–H groups in total. The summed E-state index contributed by atoms with van der Waals surface area (Å²) in [6.45, 7) is 2.61. The summed E-state index contributed by atoms with van der Waals surface area (Å²) in [7, 11) is 0. The van der Waals surface area contributed by atoms with Crippen molar-refractivity contribution in [2.24, 2.45) is 0 Å². The van der Waals surface area contributed by atoms with Crippen molar-refractivity contribution in [3.05, 3.63) is 24.3 Å². The number of phenolic OH excluding ortho intramolecular Hbond substituents is 1. The highest BCUT2D eigenvalue weighted by molar-refractivity contribution is 6.02. The first-order chi connectivity index (χ1) is 7.83. The number of hydrogen-bond donors (Lipinski definition) is 1. The zero-order valence-corrected chi connectivity index (χ0v) is 8.99. The number of phenols is 1. The van der Waals surface area contributed by atoms with Gasteiger partial charge in [-0.25, -0.2) is 0 Å². The summed E-state index contributed by atoms with van der Waals surface area (Å²) in [5.41, 5.74) is 0. The Balaban J connectivity index is 2.18. The average Bonchev–Trinajstić information content (AvgIpc) is 3.09. The second-order valence-corrected chi connectivity index (χ2v) is 3.83. The van der Waals surface area contributed by atoms with E-state index in [-0.39, 0.29) is 5.75 Å². The number of benzene rings is 2. The largest absolute Gasteiger partial charge is 0.504 e. The number of hydrogen-bond acceptors (Lipinski definition) is 3. The molecule has 0 saturated heterocycles. The van der Waals surface area contributed by atoms with E-state index in [1.54, 1.807) is 0 Å². The van der Waals surface area contributed by atoms with Gasteiger partial charge in [-0.05, 0) is 6.42 Å². The number of fused-ring (bicyclic) bond motifs is 3. The molecule has 1 aliphatic heterocycles. The van der Waals surface area contributed by atoms with Crippen LogP contribution in [0.4, 0.5) is 0 Å². The highest BCUT2D eigenvalue weighted by Gasteiger charge is 2.33. The molecule has 0 spiro atoms. The van der Waals surface area contributed by atoms with Gasteiger partial charge < -0.3 is 14.6 Å². The third kappa shape index (κ3) is 1.21. The molecule has 3 heteroatoms. The molecule has 0 fully saturated rings. The summed E-state index contributed by atoms with van der Waals surface area (Å²) >= 11 is 0. The molecule has 16 heavy (non-hydrogen) atoms.